The Labute approximate surface area is 159 Å². The van der Waals surface area contributed by atoms with Crippen LogP contribution in [0.5, 0.6) is 5.75 Å². The topological polar surface area (TPSA) is 69.4 Å². The fraction of sp³-hybridized carbons (Fsp3) is 0.130. The molecule has 0 saturated carbocycles. The van der Waals surface area contributed by atoms with Crippen molar-refractivity contribution in [1.29, 1.82) is 0 Å². The Bertz CT molecular complexity index is 893. The number of anilines is 1. The van der Waals surface area contributed by atoms with E-state index in [9.17, 15) is 9.59 Å². The second-order valence-corrected chi connectivity index (χ2v) is 6.09. The van der Waals surface area contributed by atoms with Crippen LogP contribution in [0.2, 0.25) is 0 Å². The molecule has 0 aliphatic carbocycles. The van der Waals surface area contributed by atoms with E-state index < -0.39 is 0 Å². The highest BCUT2D eigenvalue weighted by molar-refractivity contribution is 5.96. The number of nitrogen functional groups attached to an aromatic ring is 1. The van der Waals surface area contributed by atoms with Gasteiger partial charge >= 0.3 is 0 Å². The number of hydrogen-bond donors (Lipinski definition) is 1. The van der Waals surface area contributed by atoms with Crippen molar-refractivity contribution in [3.05, 3.63) is 82.9 Å². The molecule has 0 aromatic heterocycles. The van der Waals surface area contributed by atoms with Crippen molar-refractivity contribution in [2.24, 2.45) is 0 Å². The molecule has 0 bridgehead atoms. The van der Waals surface area contributed by atoms with Crippen LogP contribution in [0.15, 0.2) is 60.7 Å². The summed E-state index contributed by atoms with van der Waals surface area (Å²) in [4.78, 5) is 22.4. The maximum atomic E-state index is 11.2. The molecule has 0 heterocycles. The van der Waals surface area contributed by atoms with Gasteiger partial charge in [0.2, 0.25) is 0 Å². The maximum absolute atomic E-state index is 11.2. The highest BCUT2D eigenvalue weighted by Gasteiger charge is 2.13. The molecule has 27 heavy (non-hydrogen) atoms. The van der Waals surface area contributed by atoms with Crippen LogP contribution in [0.3, 0.4) is 0 Å². The number of ether oxygens (including phenoxy) is 1. The minimum atomic E-state index is 0.618. The van der Waals surface area contributed by atoms with Crippen molar-refractivity contribution in [2.75, 3.05) is 12.8 Å². The van der Waals surface area contributed by atoms with Gasteiger partial charge in [-0.1, -0.05) is 42.5 Å². The number of hydrogen-bond acceptors (Lipinski definition) is 4. The summed E-state index contributed by atoms with van der Waals surface area (Å²) in [5.74, 6) is 0.801. The lowest BCUT2D eigenvalue weighted by atomic mass is 9.89. The quantitative estimate of drug-likeness (QED) is 0.531. The summed E-state index contributed by atoms with van der Waals surface area (Å²) in [5, 5.41) is 0. The minimum absolute atomic E-state index is 0.618. The molecular formula is C23H23NO3. The van der Waals surface area contributed by atoms with Gasteiger partial charge in [0, 0.05) is 22.9 Å². The smallest absolute Gasteiger partial charge is 0.150 e. The molecule has 0 aliphatic heterocycles. The standard InChI is InChI=1S/C16H14O2.C7H9NO/c1-11-5-3-7-13(9-17)15(11)16-12(2)6-4-8-14(16)10-18;1-9-7-4-2-3-6(8)5-7/h3-10H,1-2H3;2-5H,8H2,1H3. The molecule has 3 aromatic carbocycles. The molecule has 4 nitrogen and oxygen atoms in total. The summed E-state index contributed by atoms with van der Waals surface area (Å²) >= 11 is 0. The summed E-state index contributed by atoms with van der Waals surface area (Å²) in [6.07, 6.45) is 1.67. The van der Waals surface area contributed by atoms with Crippen molar-refractivity contribution < 1.29 is 14.3 Å². The summed E-state index contributed by atoms with van der Waals surface area (Å²) in [6.45, 7) is 3.90. The van der Waals surface area contributed by atoms with Gasteiger partial charge in [-0.15, -0.1) is 0 Å². The summed E-state index contributed by atoms with van der Waals surface area (Å²) in [7, 11) is 1.62. The summed E-state index contributed by atoms with van der Waals surface area (Å²) < 4.78 is 4.92. The molecule has 0 amide bonds. The van der Waals surface area contributed by atoms with Crippen LogP contribution in [0.1, 0.15) is 31.8 Å². The predicted octanol–water partition coefficient (Wildman–Crippen LogP) is 4.87. The third-order valence-corrected chi connectivity index (χ3v) is 4.21. The molecule has 0 aliphatic rings. The molecule has 138 valence electrons. The van der Waals surface area contributed by atoms with Crippen molar-refractivity contribution in [1.82, 2.24) is 0 Å². The monoisotopic (exact) mass is 361 g/mol. The van der Waals surface area contributed by atoms with Gasteiger partial charge in [0.25, 0.3) is 0 Å². The van der Waals surface area contributed by atoms with Crippen molar-refractivity contribution in [2.45, 2.75) is 13.8 Å². The number of nitrogens with two attached hydrogens (primary N) is 1. The Morgan fingerprint density at radius 3 is 1.63 bits per heavy atom. The third kappa shape index (κ3) is 4.82. The van der Waals surface area contributed by atoms with Crippen molar-refractivity contribution >= 4 is 18.3 Å². The lowest BCUT2D eigenvalue weighted by Crippen LogP contribution is -1.97. The maximum Gasteiger partial charge on any atom is 0.150 e. The highest BCUT2D eigenvalue weighted by Crippen LogP contribution is 2.31. The summed E-state index contributed by atoms with van der Waals surface area (Å²) in [6, 6.07) is 18.5. The zero-order valence-corrected chi connectivity index (χ0v) is 15.7. The first kappa shape index (κ1) is 19.9. The fourth-order valence-electron chi connectivity index (χ4n) is 2.90. The van der Waals surface area contributed by atoms with Gasteiger partial charge in [-0.3, -0.25) is 9.59 Å². The van der Waals surface area contributed by atoms with E-state index in [2.05, 4.69) is 0 Å². The largest absolute Gasteiger partial charge is 0.497 e. The Balaban J connectivity index is 0.000000244. The number of carbonyl (C=O) groups excluding carboxylic acids is 2. The summed E-state index contributed by atoms with van der Waals surface area (Å²) in [5.41, 5.74) is 11.1. The minimum Gasteiger partial charge on any atom is -0.497 e. The average molecular weight is 361 g/mol. The molecule has 0 fully saturated rings. The normalized spacial score (nSPS) is 9.74. The van der Waals surface area contributed by atoms with E-state index in [-0.39, 0.29) is 0 Å². The first-order chi connectivity index (χ1) is 13.0. The second-order valence-electron chi connectivity index (χ2n) is 6.09. The van der Waals surface area contributed by atoms with Crippen LogP contribution < -0.4 is 10.5 Å². The van der Waals surface area contributed by atoms with Crippen LogP contribution in [0.4, 0.5) is 5.69 Å². The molecule has 3 rings (SSSR count). The van der Waals surface area contributed by atoms with E-state index in [1.807, 2.05) is 56.3 Å². The zero-order chi connectivity index (χ0) is 19.8. The van der Waals surface area contributed by atoms with Crippen LogP contribution in [-0.2, 0) is 0 Å². The number of carbonyl (C=O) groups is 2. The number of aryl methyl sites for hydroxylation is 2. The Hall–Kier alpha value is -3.40. The number of rotatable bonds is 4. The van der Waals surface area contributed by atoms with Gasteiger partial charge in [-0.2, -0.15) is 0 Å². The molecule has 0 saturated heterocycles. The SMILES string of the molecule is COc1cccc(N)c1.Cc1cccc(C=O)c1-c1c(C)cccc1C=O. The molecule has 0 unspecified atom stereocenters. The zero-order valence-electron chi connectivity index (χ0n) is 15.7. The molecule has 0 radical (unpaired) electrons. The number of methoxy groups -OCH3 is 1. The molecular weight excluding hydrogens is 338 g/mol. The Morgan fingerprint density at radius 1 is 0.778 bits per heavy atom. The molecule has 0 atom stereocenters. The van der Waals surface area contributed by atoms with Gasteiger partial charge in [0.15, 0.2) is 12.6 Å². The highest BCUT2D eigenvalue weighted by atomic mass is 16.5. The van der Waals surface area contributed by atoms with Gasteiger partial charge in [0.1, 0.15) is 5.75 Å². The lowest BCUT2D eigenvalue weighted by molar-refractivity contribution is 0.111. The number of aldehydes is 2. The first-order valence-electron chi connectivity index (χ1n) is 8.51. The van der Waals surface area contributed by atoms with E-state index in [0.29, 0.717) is 11.1 Å². The van der Waals surface area contributed by atoms with E-state index in [4.69, 9.17) is 10.5 Å². The Morgan fingerprint density at radius 2 is 1.26 bits per heavy atom. The van der Waals surface area contributed by atoms with E-state index >= 15 is 0 Å². The molecule has 2 N–H and O–H groups in total. The van der Waals surface area contributed by atoms with E-state index in [0.717, 1.165) is 46.3 Å². The fourth-order valence-corrected chi connectivity index (χ4v) is 2.90. The van der Waals surface area contributed by atoms with Crippen LogP contribution in [-0.4, -0.2) is 19.7 Å². The average Bonchev–Trinajstić information content (AvgIpc) is 2.68. The van der Waals surface area contributed by atoms with Gasteiger partial charge in [-0.05, 0) is 48.2 Å². The predicted molar refractivity (Wildman–Crippen MR) is 110 cm³/mol. The Kier molecular flexibility index (Phi) is 6.89. The van der Waals surface area contributed by atoms with Crippen LogP contribution >= 0.6 is 0 Å². The van der Waals surface area contributed by atoms with Crippen molar-refractivity contribution in [3.63, 3.8) is 0 Å². The first-order valence-corrected chi connectivity index (χ1v) is 8.51. The van der Waals surface area contributed by atoms with Gasteiger partial charge in [0.05, 0.1) is 7.11 Å². The van der Waals surface area contributed by atoms with Gasteiger partial charge < -0.3 is 10.5 Å². The molecule has 4 heteroatoms. The lowest BCUT2D eigenvalue weighted by Gasteiger charge is -2.14. The number of benzene rings is 3. The van der Waals surface area contributed by atoms with E-state index in [1.165, 1.54) is 0 Å². The van der Waals surface area contributed by atoms with Crippen molar-refractivity contribution in [3.8, 4) is 16.9 Å². The molecule has 3 aromatic rings. The van der Waals surface area contributed by atoms with Crippen LogP contribution in [0, 0.1) is 13.8 Å². The van der Waals surface area contributed by atoms with Gasteiger partial charge in [-0.25, -0.2) is 0 Å². The molecule has 0 spiro atoms. The van der Waals surface area contributed by atoms with Crippen LogP contribution in [0.25, 0.3) is 11.1 Å². The third-order valence-electron chi connectivity index (χ3n) is 4.21. The second kappa shape index (κ2) is 9.34. The van der Waals surface area contributed by atoms with E-state index in [1.54, 1.807) is 25.3 Å².